The Morgan fingerprint density at radius 3 is 1.50 bits per heavy atom. The molecular weight excluding hydrogens is 244 g/mol. The third-order valence-corrected chi connectivity index (χ3v) is 2.44. The highest BCUT2D eigenvalue weighted by Gasteiger charge is 2.31. The molecule has 0 saturated carbocycles. The highest BCUT2D eigenvalue weighted by Crippen LogP contribution is 2.35. The van der Waals surface area contributed by atoms with E-state index in [0.717, 1.165) is 0 Å². The summed E-state index contributed by atoms with van der Waals surface area (Å²) in [5.41, 5.74) is -0.411. The van der Waals surface area contributed by atoms with Crippen molar-refractivity contribution in [3.8, 4) is 11.4 Å². The van der Waals surface area contributed by atoms with Crippen molar-refractivity contribution in [2.24, 2.45) is 0 Å². The average Bonchev–Trinajstić information content (AvgIpc) is 2.81. The number of nitro groups is 2. The minimum Gasteiger partial charge on any atom is -0.269 e. The number of H-pyrrole nitrogens is 2. The largest absolute Gasteiger partial charge is 0.319 e. The summed E-state index contributed by atoms with van der Waals surface area (Å²) < 4.78 is 0. The van der Waals surface area contributed by atoms with Gasteiger partial charge in [-0.2, -0.15) is 10.2 Å². The first-order chi connectivity index (χ1) is 8.43. The topological polar surface area (TPSA) is 144 Å². The molecule has 18 heavy (non-hydrogen) atoms. The number of nitrogens with one attached hydrogen (secondary N) is 2. The molecule has 10 nitrogen and oxygen atoms in total. The summed E-state index contributed by atoms with van der Waals surface area (Å²) in [6.45, 7) is 2.88. The highest BCUT2D eigenvalue weighted by molar-refractivity contribution is 5.75. The maximum atomic E-state index is 10.9. The molecule has 0 aliphatic heterocycles. The Morgan fingerprint density at radius 1 is 0.889 bits per heavy atom. The van der Waals surface area contributed by atoms with E-state index < -0.39 is 9.85 Å². The second-order valence-corrected chi connectivity index (χ2v) is 3.58. The number of aromatic nitrogens is 4. The van der Waals surface area contributed by atoms with Crippen LogP contribution in [-0.4, -0.2) is 30.2 Å². The molecule has 0 atom stereocenters. The summed E-state index contributed by atoms with van der Waals surface area (Å²) in [5, 5.41) is 34.0. The Labute approximate surface area is 99.3 Å². The number of aryl methyl sites for hydroxylation is 2. The maximum absolute atomic E-state index is 10.9. The molecule has 94 valence electrons. The Kier molecular flexibility index (Phi) is 2.54. The zero-order valence-electron chi connectivity index (χ0n) is 9.42. The summed E-state index contributed by atoms with van der Waals surface area (Å²) in [6.07, 6.45) is 0. The van der Waals surface area contributed by atoms with E-state index in [9.17, 15) is 20.2 Å². The summed E-state index contributed by atoms with van der Waals surface area (Å²) in [6, 6.07) is 0. The van der Waals surface area contributed by atoms with Crippen molar-refractivity contribution in [3.05, 3.63) is 31.6 Å². The SMILES string of the molecule is Cc1n[nH]c(-c2[nH]nc(C)c2[N+](=O)[O-])c1[N+](=O)[O-]. The number of rotatable bonds is 3. The molecule has 2 N–H and O–H groups in total. The Bertz CT molecular complexity index is 586. The van der Waals surface area contributed by atoms with Crippen LogP contribution in [-0.2, 0) is 0 Å². The first kappa shape index (κ1) is 11.7. The van der Waals surface area contributed by atoms with Gasteiger partial charge in [0.1, 0.15) is 11.4 Å². The lowest BCUT2D eigenvalue weighted by atomic mass is 10.2. The maximum Gasteiger partial charge on any atom is 0.319 e. The van der Waals surface area contributed by atoms with Gasteiger partial charge in [-0.05, 0) is 13.8 Å². The molecule has 0 unspecified atom stereocenters. The minimum absolute atomic E-state index is 0.0511. The van der Waals surface area contributed by atoms with Gasteiger partial charge in [0.2, 0.25) is 0 Å². The van der Waals surface area contributed by atoms with Gasteiger partial charge in [-0.25, -0.2) is 0 Å². The second-order valence-electron chi connectivity index (χ2n) is 3.58. The fraction of sp³-hybridized carbons (Fsp3) is 0.250. The molecule has 0 aliphatic rings. The van der Waals surface area contributed by atoms with Crippen LogP contribution in [0.2, 0.25) is 0 Å². The Morgan fingerprint density at radius 2 is 1.22 bits per heavy atom. The fourth-order valence-corrected chi connectivity index (χ4v) is 1.65. The average molecular weight is 252 g/mol. The fourth-order valence-electron chi connectivity index (χ4n) is 1.65. The predicted molar refractivity (Wildman–Crippen MR) is 59.0 cm³/mol. The molecule has 0 bridgehead atoms. The van der Waals surface area contributed by atoms with Crippen LogP contribution in [0.5, 0.6) is 0 Å². The normalized spacial score (nSPS) is 10.6. The molecule has 2 heterocycles. The molecule has 0 radical (unpaired) electrons. The zero-order chi connectivity index (χ0) is 13.4. The van der Waals surface area contributed by atoms with Crippen LogP contribution in [0.15, 0.2) is 0 Å². The van der Waals surface area contributed by atoms with Crippen molar-refractivity contribution in [1.29, 1.82) is 0 Å². The molecule has 0 spiro atoms. The second kappa shape index (κ2) is 3.91. The van der Waals surface area contributed by atoms with Crippen molar-refractivity contribution in [3.63, 3.8) is 0 Å². The Balaban J connectivity index is 2.70. The molecule has 0 saturated heterocycles. The van der Waals surface area contributed by atoms with E-state index in [2.05, 4.69) is 20.4 Å². The van der Waals surface area contributed by atoms with Crippen LogP contribution in [0.3, 0.4) is 0 Å². The van der Waals surface area contributed by atoms with Crippen molar-refractivity contribution in [2.75, 3.05) is 0 Å². The molecule has 0 amide bonds. The van der Waals surface area contributed by atoms with Crippen molar-refractivity contribution >= 4 is 11.4 Å². The van der Waals surface area contributed by atoms with Gasteiger partial charge in [-0.1, -0.05) is 0 Å². The smallest absolute Gasteiger partial charge is 0.269 e. The lowest BCUT2D eigenvalue weighted by Gasteiger charge is -1.94. The van der Waals surface area contributed by atoms with E-state index in [-0.39, 0.29) is 34.2 Å². The van der Waals surface area contributed by atoms with Crippen molar-refractivity contribution in [2.45, 2.75) is 13.8 Å². The molecule has 2 aromatic heterocycles. The van der Waals surface area contributed by atoms with E-state index >= 15 is 0 Å². The summed E-state index contributed by atoms with van der Waals surface area (Å²) >= 11 is 0. The monoisotopic (exact) mass is 252 g/mol. The number of hydrogen-bond donors (Lipinski definition) is 2. The Hall–Kier alpha value is -2.78. The van der Waals surface area contributed by atoms with Crippen LogP contribution in [0.25, 0.3) is 11.4 Å². The quantitative estimate of drug-likeness (QED) is 0.620. The van der Waals surface area contributed by atoms with Crippen LogP contribution in [0.1, 0.15) is 11.4 Å². The number of aromatic amines is 2. The number of hydrogen-bond acceptors (Lipinski definition) is 6. The van der Waals surface area contributed by atoms with E-state index in [1.807, 2.05) is 0 Å². The van der Waals surface area contributed by atoms with Gasteiger partial charge >= 0.3 is 11.4 Å². The van der Waals surface area contributed by atoms with Crippen molar-refractivity contribution in [1.82, 2.24) is 20.4 Å². The third kappa shape index (κ3) is 1.59. The van der Waals surface area contributed by atoms with Gasteiger partial charge in [0, 0.05) is 0 Å². The van der Waals surface area contributed by atoms with Crippen LogP contribution in [0.4, 0.5) is 11.4 Å². The van der Waals surface area contributed by atoms with Gasteiger partial charge < -0.3 is 0 Å². The van der Waals surface area contributed by atoms with Gasteiger partial charge in [0.05, 0.1) is 9.85 Å². The van der Waals surface area contributed by atoms with Crippen LogP contribution in [0, 0.1) is 34.1 Å². The van der Waals surface area contributed by atoms with Crippen LogP contribution < -0.4 is 0 Å². The first-order valence-corrected chi connectivity index (χ1v) is 4.82. The van der Waals surface area contributed by atoms with Gasteiger partial charge in [-0.3, -0.25) is 30.4 Å². The predicted octanol–water partition coefficient (Wildman–Crippen LogP) is 1.23. The minimum atomic E-state index is -0.645. The summed E-state index contributed by atoms with van der Waals surface area (Å²) in [7, 11) is 0. The third-order valence-electron chi connectivity index (χ3n) is 2.44. The molecule has 10 heteroatoms. The lowest BCUT2D eigenvalue weighted by molar-refractivity contribution is -0.387. The standard InChI is InChI=1S/C8H8N6O4/c1-3-7(13(15)16)5(11-9-3)6-8(14(17)18)4(2)10-12-6/h1-2H3,(H,9,11)(H,10,12). The molecule has 2 rings (SSSR count). The summed E-state index contributed by atoms with van der Waals surface area (Å²) in [4.78, 5) is 20.5. The van der Waals surface area contributed by atoms with Gasteiger partial charge in [-0.15, -0.1) is 0 Å². The van der Waals surface area contributed by atoms with Crippen LogP contribution >= 0.6 is 0 Å². The molecule has 2 aromatic rings. The molecule has 0 aliphatic carbocycles. The lowest BCUT2D eigenvalue weighted by Crippen LogP contribution is -1.95. The molecular formula is C8H8N6O4. The van der Waals surface area contributed by atoms with E-state index in [0.29, 0.717) is 0 Å². The van der Waals surface area contributed by atoms with Crippen molar-refractivity contribution < 1.29 is 9.85 Å². The van der Waals surface area contributed by atoms with E-state index in [4.69, 9.17) is 0 Å². The number of nitrogens with zero attached hydrogens (tertiary/aromatic N) is 4. The molecule has 0 fully saturated rings. The highest BCUT2D eigenvalue weighted by atomic mass is 16.6. The van der Waals surface area contributed by atoms with Gasteiger partial charge in [0.15, 0.2) is 11.4 Å². The zero-order valence-corrected chi connectivity index (χ0v) is 9.42. The van der Waals surface area contributed by atoms with E-state index in [1.54, 1.807) is 0 Å². The van der Waals surface area contributed by atoms with Gasteiger partial charge in [0.25, 0.3) is 0 Å². The van der Waals surface area contributed by atoms with E-state index in [1.165, 1.54) is 13.8 Å². The molecule has 0 aromatic carbocycles. The summed E-state index contributed by atoms with van der Waals surface area (Å²) in [5.74, 6) is 0. The first-order valence-electron chi connectivity index (χ1n) is 4.82.